The van der Waals surface area contributed by atoms with Gasteiger partial charge in [-0.3, -0.25) is 14.3 Å². The normalized spacial score (nSPS) is 15.5. The van der Waals surface area contributed by atoms with Crippen molar-refractivity contribution in [2.24, 2.45) is 0 Å². The molecular formula is C25H29FN3O3P. The van der Waals surface area contributed by atoms with E-state index in [-0.39, 0.29) is 17.6 Å². The van der Waals surface area contributed by atoms with E-state index in [1.165, 1.54) is 22.1 Å². The van der Waals surface area contributed by atoms with E-state index in [0.717, 1.165) is 11.8 Å². The molecule has 0 aliphatic carbocycles. The predicted octanol–water partition coefficient (Wildman–Crippen LogP) is 3.70. The van der Waals surface area contributed by atoms with Crippen molar-refractivity contribution in [3.05, 3.63) is 88.1 Å². The minimum absolute atomic E-state index is 0.0858. The third-order valence-electron chi connectivity index (χ3n) is 5.95. The van der Waals surface area contributed by atoms with Gasteiger partial charge in [-0.05, 0) is 49.7 Å². The van der Waals surface area contributed by atoms with Crippen molar-refractivity contribution in [3.8, 4) is 5.75 Å². The first-order valence-electron chi connectivity index (χ1n) is 10.8. The highest BCUT2D eigenvalue weighted by Crippen LogP contribution is 2.32. The van der Waals surface area contributed by atoms with E-state index < -0.39 is 22.6 Å². The Morgan fingerprint density at radius 3 is 2.30 bits per heavy atom. The van der Waals surface area contributed by atoms with Crippen molar-refractivity contribution in [1.29, 1.82) is 0 Å². The molecule has 2 atom stereocenters. The molecule has 0 spiro atoms. The lowest BCUT2D eigenvalue weighted by atomic mass is 9.94. The fourth-order valence-corrected chi connectivity index (χ4v) is 3.87. The van der Waals surface area contributed by atoms with E-state index in [1.54, 1.807) is 17.0 Å². The van der Waals surface area contributed by atoms with Crippen LogP contribution in [0.25, 0.3) is 0 Å². The molecule has 8 heteroatoms. The van der Waals surface area contributed by atoms with Gasteiger partial charge in [0.1, 0.15) is 5.82 Å². The van der Waals surface area contributed by atoms with Crippen LogP contribution < -0.4 is 10.7 Å². The number of nitrogens with zero attached hydrogens (tertiary/aromatic N) is 3. The lowest BCUT2D eigenvalue weighted by molar-refractivity contribution is 0.0382. The molecule has 1 aliphatic rings. The van der Waals surface area contributed by atoms with E-state index in [2.05, 4.69) is 14.3 Å². The van der Waals surface area contributed by atoms with Crippen molar-refractivity contribution < 1.29 is 14.3 Å². The number of carbonyl (C=O) groups excluding carboxylic acids is 1. The first kappa shape index (κ1) is 24.6. The van der Waals surface area contributed by atoms with E-state index in [1.807, 2.05) is 51.1 Å². The summed E-state index contributed by atoms with van der Waals surface area (Å²) in [6.45, 7) is 6.26. The van der Waals surface area contributed by atoms with Gasteiger partial charge >= 0.3 is 0 Å². The standard InChI is InChI=1S/C19H22FN3O3.C6H7P/c1-4-19(2,3)22-11-14(9-12-5-7-13(20)8-6-12)23-16(18(22)26)17(25)15(24)10-21-23;7-6-4-2-1-3-5-6/h5-8,10,14,25H,4,9,11H2,1-3H3;1-5H,7H2. The third kappa shape index (κ3) is 5.66. The molecule has 174 valence electrons. The van der Waals surface area contributed by atoms with Crippen molar-refractivity contribution in [2.75, 3.05) is 6.54 Å². The SMILES string of the molecule is CCC(C)(C)N1CC(Cc2ccc(F)cc2)n2ncc(=O)c(O)c2C1=O.Pc1ccccc1. The number of fused-ring (bicyclic) bond motifs is 1. The van der Waals surface area contributed by atoms with Gasteiger partial charge in [-0.15, -0.1) is 9.24 Å². The number of benzene rings is 2. The highest BCUT2D eigenvalue weighted by Gasteiger charge is 2.40. The second kappa shape index (κ2) is 10.3. The van der Waals surface area contributed by atoms with Gasteiger partial charge in [0, 0.05) is 12.1 Å². The number of hydrogen-bond donors (Lipinski definition) is 1. The number of aromatic nitrogens is 2. The van der Waals surface area contributed by atoms with Gasteiger partial charge in [0.05, 0.1) is 12.2 Å². The molecule has 4 rings (SSSR count). The quantitative estimate of drug-likeness (QED) is 0.592. The molecule has 2 heterocycles. The van der Waals surface area contributed by atoms with Crippen LogP contribution in [0.4, 0.5) is 4.39 Å². The third-order valence-corrected chi connectivity index (χ3v) is 6.34. The van der Waals surface area contributed by atoms with Crippen LogP contribution in [0.5, 0.6) is 5.75 Å². The molecule has 2 unspecified atom stereocenters. The molecular weight excluding hydrogens is 440 g/mol. The molecule has 0 saturated carbocycles. The van der Waals surface area contributed by atoms with Crippen molar-refractivity contribution >= 4 is 20.5 Å². The molecule has 1 aromatic heterocycles. The maximum Gasteiger partial charge on any atom is 0.276 e. The summed E-state index contributed by atoms with van der Waals surface area (Å²) < 4.78 is 14.6. The van der Waals surface area contributed by atoms with Crippen LogP contribution in [0.2, 0.25) is 0 Å². The van der Waals surface area contributed by atoms with Crippen LogP contribution in [0, 0.1) is 5.82 Å². The van der Waals surface area contributed by atoms with Crippen molar-refractivity contribution in [3.63, 3.8) is 0 Å². The summed E-state index contributed by atoms with van der Waals surface area (Å²) in [5.41, 5.74) is -0.327. The van der Waals surface area contributed by atoms with Crippen molar-refractivity contribution in [2.45, 2.75) is 45.2 Å². The molecule has 3 aromatic rings. The largest absolute Gasteiger partial charge is 0.502 e. The molecule has 0 fully saturated rings. The van der Waals surface area contributed by atoms with Gasteiger partial charge in [0.2, 0.25) is 5.43 Å². The molecule has 33 heavy (non-hydrogen) atoms. The first-order valence-corrected chi connectivity index (χ1v) is 11.4. The Balaban J connectivity index is 0.000000374. The molecule has 1 aliphatic heterocycles. The number of rotatable bonds is 4. The molecule has 1 amide bonds. The van der Waals surface area contributed by atoms with Gasteiger partial charge in [-0.2, -0.15) is 5.10 Å². The topological polar surface area (TPSA) is 75.4 Å². The maximum atomic E-state index is 13.2. The summed E-state index contributed by atoms with van der Waals surface area (Å²) in [6, 6.07) is 16.0. The van der Waals surface area contributed by atoms with Crippen LogP contribution in [-0.2, 0) is 6.42 Å². The zero-order valence-electron chi connectivity index (χ0n) is 19.0. The average molecular weight is 469 g/mol. The number of hydrogen-bond acceptors (Lipinski definition) is 4. The van der Waals surface area contributed by atoms with E-state index in [4.69, 9.17) is 0 Å². The Morgan fingerprint density at radius 1 is 1.12 bits per heavy atom. The maximum absolute atomic E-state index is 13.2. The molecule has 2 aromatic carbocycles. The van der Waals surface area contributed by atoms with Gasteiger partial charge in [0.25, 0.3) is 5.91 Å². The number of halogens is 1. The summed E-state index contributed by atoms with van der Waals surface area (Å²) >= 11 is 0. The molecule has 0 radical (unpaired) electrons. The average Bonchev–Trinajstić information content (AvgIpc) is 2.80. The van der Waals surface area contributed by atoms with Crippen LogP contribution in [0.15, 0.2) is 65.6 Å². The van der Waals surface area contributed by atoms with Crippen LogP contribution in [0.3, 0.4) is 0 Å². The highest BCUT2D eigenvalue weighted by molar-refractivity contribution is 7.27. The lowest BCUT2D eigenvalue weighted by Gasteiger charge is -2.44. The van der Waals surface area contributed by atoms with Crippen LogP contribution >= 0.6 is 9.24 Å². The number of carbonyl (C=O) groups is 1. The minimum Gasteiger partial charge on any atom is -0.502 e. The van der Waals surface area contributed by atoms with Gasteiger partial charge in [-0.1, -0.05) is 49.4 Å². The Hall–Kier alpha value is -3.05. The second-order valence-corrected chi connectivity index (χ2v) is 9.29. The summed E-state index contributed by atoms with van der Waals surface area (Å²) in [4.78, 5) is 26.5. The minimum atomic E-state index is -0.679. The van der Waals surface area contributed by atoms with Crippen LogP contribution in [0.1, 0.15) is 49.3 Å². The summed E-state index contributed by atoms with van der Waals surface area (Å²) in [7, 11) is 2.63. The summed E-state index contributed by atoms with van der Waals surface area (Å²) in [5, 5.41) is 15.5. The zero-order chi connectivity index (χ0) is 24.2. The predicted molar refractivity (Wildman–Crippen MR) is 130 cm³/mol. The Labute approximate surface area is 195 Å². The first-order chi connectivity index (χ1) is 15.6. The summed E-state index contributed by atoms with van der Waals surface area (Å²) in [6.07, 6.45) is 2.23. The Morgan fingerprint density at radius 2 is 1.76 bits per heavy atom. The fourth-order valence-electron chi connectivity index (χ4n) is 3.64. The van der Waals surface area contributed by atoms with Gasteiger partial charge < -0.3 is 10.0 Å². The molecule has 0 saturated heterocycles. The Kier molecular flexibility index (Phi) is 7.65. The van der Waals surface area contributed by atoms with Crippen molar-refractivity contribution in [1.82, 2.24) is 14.7 Å². The monoisotopic (exact) mass is 469 g/mol. The zero-order valence-corrected chi connectivity index (χ0v) is 20.2. The van der Waals surface area contributed by atoms with E-state index in [0.29, 0.717) is 19.4 Å². The highest BCUT2D eigenvalue weighted by atomic mass is 31.0. The summed E-state index contributed by atoms with van der Waals surface area (Å²) in [5.74, 6) is -1.30. The second-order valence-electron chi connectivity index (χ2n) is 8.63. The van der Waals surface area contributed by atoms with E-state index >= 15 is 0 Å². The fraction of sp³-hybridized carbons (Fsp3) is 0.320. The molecule has 6 nitrogen and oxygen atoms in total. The van der Waals surface area contributed by atoms with Gasteiger partial charge in [0.15, 0.2) is 11.4 Å². The smallest absolute Gasteiger partial charge is 0.276 e. The van der Waals surface area contributed by atoms with Crippen LogP contribution in [-0.4, -0.2) is 37.8 Å². The Bertz CT molecular complexity index is 1160. The molecule has 1 N–H and O–H groups in total. The lowest BCUT2D eigenvalue weighted by Crippen LogP contribution is -2.54. The number of aromatic hydroxyl groups is 1. The number of amides is 1. The molecule has 0 bridgehead atoms. The van der Waals surface area contributed by atoms with Gasteiger partial charge in [-0.25, -0.2) is 4.39 Å². The van der Waals surface area contributed by atoms with E-state index in [9.17, 15) is 19.1 Å².